The first-order valence-electron chi connectivity index (χ1n) is 9.26. The number of nitrogens with zero attached hydrogens (tertiary/aromatic N) is 1. The monoisotopic (exact) mass is 351 g/mol. The average Bonchev–Trinajstić information content (AvgIpc) is 2.70. The zero-order valence-corrected chi connectivity index (χ0v) is 16.0. The predicted octanol–water partition coefficient (Wildman–Crippen LogP) is 5.82. The molecule has 134 valence electrons. The molecule has 3 aromatic rings. The minimum Gasteiger partial charge on any atom is -0.377 e. The molecule has 0 aliphatic heterocycles. The van der Waals surface area contributed by atoms with Crippen molar-refractivity contribution in [2.45, 2.75) is 12.8 Å². The fourth-order valence-electron chi connectivity index (χ4n) is 3.07. The van der Waals surface area contributed by atoms with Crippen molar-refractivity contribution in [2.24, 2.45) is 0 Å². The van der Waals surface area contributed by atoms with Gasteiger partial charge in [0.05, 0.1) is 0 Å². The van der Waals surface area contributed by atoms with Crippen LogP contribution in [0.2, 0.25) is 0 Å². The molecule has 3 aromatic carbocycles. The Balaban J connectivity index is 1.87. The first-order valence-corrected chi connectivity index (χ1v) is 9.26. The van der Waals surface area contributed by atoms with Crippen LogP contribution in [0.1, 0.15) is 23.1 Å². The highest BCUT2D eigenvalue weighted by atomic mass is 15.1. The Morgan fingerprint density at radius 2 is 1.44 bits per heavy atom. The zero-order valence-electron chi connectivity index (χ0n) is 16.0. The predicted molar refractivity (Wildman–Crippen MR) is 117 cm³/mol. The lowest BCUT2D eigenvalue weighted by molar-refractivity contribution is 1.05. The summed E-state index contributed by atoms with van der Waals surface area (Å²) in [6.45, 7) is 0. The van der Waals surface area contributed by atoms with Gasteiger partial charge in [-0.05, 0) is 35.7 Å². The topological polar surface area (TPSA) is 3.24 Å². The van der Waals surface area contributed by atoms with Gasteiger partial charge in [0.15, 0.2) is 0 Å². The molecular weight excluding hydrogens is 326 g/mol. The standard InChI is InChI=1S/C26H25N/c1-27(2)26-19-10-9-18-25(26)21-24(20-23-14-7-4-8-15-23)17-11-16-22-12-5-3-6-13-22/h3-10,12-15,18-20H,17,21H2,1-2H3/b24-20+. The van der Waals surface area contributed by atoms with Gasteiger partial charge >= 0.3 is 0 Å². The molecule has 1 heteroatoms. The van der Waals surface area contributed by atoms with Crippen LogP contribution in [0, 0.1) is 11.8 Å². The average molecular weight is 351 g/mol. The van der Waals surface area contributed by atoms with Gasteiger partial charge < -0.3 is 4.90 Å². The molecule has 0 bridgehead atoms. The van der Waals surface area contributed by atoms with E-state index in [1.807, 2.05) is 24.3 Å². The van der Waals surface area contributed by atoms with E-state index in [2.05, 4.69) is 97.6 Å². The first kappa shape index (κ1) is 18.5. The van der Waals surface area contributed by atoms with Crippen LogP contribution < -0.4 is 4.90 Å². The van der Waals surface area contributed by atoms with E-state index in [9.17, 15) is 0 Å². The van der Waals surface area contributed by atoms with Crippen molar-refractivity contribution >= 4 is 11.8 Å². The minimum absolute atomic E-state index is 0.756. The molecule has 0 unspecified atom stereocenters. The van der Waals surface area contributed by atoms with Crippen LogP contribution in [-0.4, -0.2) is 14.1 Å². The van der Waals surface area contributed by atoms with Crippen LogP contribution in [0.4, 0.5) is 5.69 Å². The molecule has 0 radical (unpaired) electrons. The van der Waals surface area contributed by atoms with E-state index in [4.69, 9.17) is 0 Å². The smallest absolute Gasteiger partial charge is 0.0396 e. The summed E-state index contributed by atoms with van der Waals surface area (Å²) in [7, 11) is 4.18. The van der Waals surface area contributed by atoms with Gasteiger partial charge in [-0.15, -0.1) is 0 Å². The Kier molecular flexibility index (Phi) is 6.50. The number of anilines is 1. The molecule has 0 amide bonds. The molecule has 27 heavy (non-hydrogen) atoms. The number of hydrogen-bond donors (Lipinski definition) is 0. The van der Waals surface area contributed by atoms with Gasteiger partial charge in [0.25, 0.3) is 0 Å². The lowest BCUT2D eigenvalue weighted by Gasteiger charge is -2.18. The van der Waals surface area contributed by atoms with Crippen LogP contribution in [0.5, 0.6) is 0 Å². The number of hydrogen-bond acceptors (Lipinski definition) is 1. The highest BCUT2D eigenvalue weighted by Gasteiger charge is 2.06. The largest absolute Gasteiger partial charge is 0.377 e. The van der Waals surface area contributed by atoms with Crippen LogP contribution in [-0.2, 0) is 6.42 Å². The van der Waals surface area contributed by atoms with Crippen LogP contribution >= 0.6 is 0 Å². The molecular formula is C26H25N. The molecule has 0 N–H and O–H groups in total. The summed E-state index contributed by atoms with van der Waals surface area (Å²) in [6, 6.07) is 29.2. The maximum atomic E-state index is 3.36. The zero-order chi connectivity index (χ0) is 18.9. The Bertz CT molecular complexity index is 942. The van der Waals surface area contributed by atoms with E-state index < -0.39 is 0 Å². The summed E-state index contributed by atoms with van der Waals surface area (Å²) < 4.78 is 0. The fourth-order valence-corrected chi connectivity index (χ4v) is 3.07. The van der Waals surface area contributed by atoms with E-state index in [1.165, 1.54) is 22.4 Å². The van der Waals surface area contributed by atoms with Gasteiger partial charge in [-0.2, -0.15) is 0 Å². The van der Waals surface area contributed by atoms with Crippen molar-refractivity contribution in [1.29, 1.82) is 0 Å². The molecule has 0 aromatic heterocycles. The fraction of sp³-hybridized carbons (Fsp3) is 0.154. The van der Waals surface area contributed by atoms with Gasteiger partial charge in [0.2, 0.25) is 0 Å². The quantitative estimate of drug-likeness (QED) is 0.524. The van der Waals surface area contributed by atoms with Crippen LogP contribution in [0.15, 0.2) is 90.5 Å². The van der Waals surface area contributed by atoms with Crippen molar-refractivity contribution in [3.05, 3.63) is 107 Å². The molecule has 1 nitrogen and oxygen atoms in total. The molecule has 3 rings (SSSR count). The van der Waals surface area contributed by atoms with E-state index in [0.717, 1.165) is 18.4 Å². The lowest BCUT2D eigenvalue weighted by Crippen LogP contribution is -2.11. The molecule has 0 saturated carbocycles. The third kappa shape index (κ3) is 5.62. The summed E-state index contributed by atoms with van der Waals surface area (Å²) in [5.41, 5.74) is 6.18. The summed E-state index contributed by atoms with van der Waals surface area (Å²) in [6.07, 6.45) is 3.92. The van der Waals surface area contributed by atoms with E-state index in [1.54, 1.807) is 0 Å². The Hall–Kier alpha value is -3.24. The Labute approximate surface area is 163 Å². The Morgan fingerprint density at radius 1 is 0.815 bits per heavy atom. The molecule has 0 atom stereocenters. The number of rotatable bonds is 5. The second-order valence-corrected chi connectivity index (χ2v) is 6.76. The lowest BCUT2D eigenvalue weighted by atomic mass is 9.98. The molecule has 0 aliphatic carbocycles. The number of para-hydroxylation sites is 1. The van der Waals surface area contributed by atoms with Crippen molar-refractivity contribution in [3.8, 4) is 11.8 Å². The molecule has 0 heterocycles. The summed E-state index contributed by atoms with van der Waals surface area (Å²) in [5, 5.41) is 0. The van der Waals surface area contributed by atoms with Gasteiger partial charge in [-0.3, -0.25) is 0 Å². The van der Waals surface area contributed by atoms with Crippen LogP contribution in [0.25, 0.3) is 6.08 Å². The van der Waals surface area contributed by atoms with Crippen molar-refractivity contribution < 1.29 is 0 Å². The minimum atomic E-state index is 0.756. The molecule has 0 fully saturated rings. The third-order valence-corrected chi connectivity index (χ3v) is 4.38. The van der Waals surface area contributed by atoms with Crippen LogP contribution in [0.3, 0.4) is 0 Å². The maximum Gasteiger partial charge on any atom is 0.0396 e. The summed E-state index contributed by atoms with van der Waals surface area (Å²) >= 11 is 0. The highest BCUT2D eigenvalue weighted by Crippen LogP contribution is 2.23. The SMILES string of the molecule is CN(C)c1ccccc1C/C(=C/c1ccccc1)CC#Cc1ccccc1. The normalized spacial score (nSPS) is 10.8. The third-order valence-electron chi connectivity index (χ3n) is 4.38. The second kappa shape index (κ2) is 9.46. The van der Waals surface area contributed by atoms with E-state index in [0.29, 0.717) is 0 Å². The van der Waals surface area contributed by atoms with Gasteiger partial charge in [-0.25, -0.2) is 0 Å². The van der Waals surface area contributed by atoms with Crippen molar-refractivity contribution in [1.82, 2.24) is 0 Å². The molecule has 0 aliphatic rings. The first-order chi connectivity index (χ1) is 13.2. The second-order valence-electron chi connectivity index (χ2n) is 6.76. The summed E-state index contributed by atoms with van der Waals surface area (Å²) in [5.74, 6) is 6.64. The van der Waals surface area contributed by atoms with E-state index >= 15 is 0 Å². The van der Waals surface area contributed by atoms with Gasteiger partial charge in [0, 0.05) is 31.8 Å². The van der Waals surface area contributed by atoms with E-state index in [-0.39, 0.29) is 0 Å². The maximum absolute atomic E-state index is 3.36. The highest BCUT2D eigenvalue weighted by molar-refractivity contribution is 5.59. The van der Waals surface area contributed by atoms with Crippen molar-refractivity contribution in [2.75, 3.05) is 19.0 Å². The number of benzene rings is 3. The van der Waals surface area contributed by atoms with Gasteiger partial charge in [0.1, 0.15) is 0 Å². The molecule has 0 spiro atoms. The van der Waals surface area contributed by atoms with Crippen molar-refractivity contribution in [3.63, 3.8) is 0 Å². The Morgan fingerprint density at radius 3 is 2.15 bits per heavy atom. The number of allylic oxidation sites excluding steroid dienone is 1. The molecule has 0 saturated heterocycles. The van der Waals surface area contributed by atoms with Gasteiger partial charge in [-0.1, -0.05) is 90.2 Å². The summed E-state index contributed by atoms with van der Waals surface area (Å²) in [4.78, 5) is 2.17.